The van der Waals surface area contributed by atoms with Crippen LogP contribution in [0, 0.1) is 6.92 Å². The van der Waals surface area contributed by atoms with Gasteiger partial charge in [-0.1, -0.05) is 58.3 Å². The van der Waals surface area contributed by atoms with Crippen LogP contribution in [0.15, 0.2) is 70.3 Å². The number of benzene rings is 2. The molecule has 1 aromatic heterocycles. The molecule has 0 aliphatic carbocycles. The lowest BCUT2D eigenvalue weighted by atomic mass is 10.1. The molecule has 0 aliphatic rings. The highest BCUT2D eigenvalue weighted by atomic mass is 16.6. The number of ether oxygens (including phenoxy) is 1. The van der Waals surface area contributed by atoms with E-state index in [4.69, 9.17) is 19.8 Å². The second-order valence-corrected chi connectivity index (χ2v) is 5.50. The maximum Gasteiger partial charge on any atom is 0.177 e. The summed E-state index contributed by atoms with van der Waals surface area (Å²) in [5.41, 5.74) is 8.68. The summed E-state index contributed by atoms with van der Waals surface area (Å²) in [6.45, 7) is 2.33. The molecule has 6 heteroatoms. The molecular weight excluding hydrogens is 318 g/mol. The van der Waals surface area contributed by atoms with Crippen molar-refractivity contribution in [3.05, 3.63) is 72.0 Å². The van der Waals surface area contributed by atoms with Crippen LogP contribution in [0.1, 0.15) is 11.3 Å². The highest BCUT2D eigenvalue weighted by Gasteiger charge is 2.07. The number of para-hydroxylation sites is 1. The van der Waals surface area contributed by atoms with Crippen molar-refractivity contribution >= 4 is 5.84 Å². The van der Waals surface area contributed by atoms with Crippen molar-refractivity contribution < 1.29 is 14.1 Å². The van der Waals surface area contributed by atoms with E-state index in [0.29, 0.717) is 5.76 Å². The third-order valence-electron chi connectivity index (χ3n) is 3.42. The van der Waals surface area contributed by atoms with Crippen LogP contribution in [0.3, 0.4) is 0 Å². The molecule has 0 saturated heterocycles. The maximum atomic E-state index is 5.75. The maximum absolute atomic E-state index is 5.75. The van der Waals surface area contributed by atoms with Crippen LogP contribution in [0.5, 0.6) is 5.75 Å². The lowest BCUT2D eigenvalue weighted by Gasteiger charge is -2.04. The van der Waals surface area contributed by atoms with Crippen molar-refractivity contribution in [3.63, 3.8) is 0 Å². The van der Waals surface area contributed by atoms with Crippen LogP contribution in [-0.2, 0) is 11.4 Å². The number of amidine groups is 1. The fourth-order valence-corrected chi connectivity index (χ4v) is 2.12. The van der Waals surface area contributed by atoms with Crippen LogP contribution >= 0.6 is 0 Å². The summed E-state index contributed by atoms with van der Waals surface area (Å²) >= 11 is 0. The highest BCUT2D eigenvalue weighted by molar-refractivity contribution is 5.81. The van der Waals surface area contributed by atoms with Gasteiger partial charge in [-0.3, -0.25) is 0 Å². The van der Waals surface area contributed by atoms with Gasteiger partial charge in [-0.05, 0) is 19.1 Å². The zero-order chi connectivity index (χ0) is 17.5. The van der Waals surface area contributed by atoms with Gasteiger partial charge < -0.3 is 19.8 Å². The minimum absolute atomic E-state index is 0.144. The normalized spacial score (nSPS) is 11.3. The van der Waals surface area contributed by atoms with E-state index < -0.39 is 0 Å². The monoisotopic (exact) mass is 337 g/mol. The van der Waals surface area contributed by atoms with E-state index >= 15 is 0 Å². The molecule has 25 heavy (non-hydrogen) atoms. The predicted molar refractivity (Wildman–Crippen MR) is 95.0 cm³/mol. The van der Waals surface area contributed by atoms with Crippen molar-refractivity contribution in [2.45, 2.75) is 13.5 Å². The van der Waals surface area contributed by atoms with Crippen LogP contribution < -0.4 is 10.5 Å². The van der Waals surface area contributed by atoms with E-state index in [9.17, 15) is 0 Å². The minimum atomic E-state index is 0.144. The van der Waals surface area contributed by atoms with Gasteiger partial charge in [0.05, 0.1) is 0 Å². The molecule has 0 spiro atoms. The van der Waals surface area contributed by atoms with E-state index in [0.717, 1.165) is 17.0 Å². The first-order chi connectivity index (χ1) is 12.2. The summed E-state index contributed by atoms with van der Waals surface area (Å²) in [5.74, 6) is 1.52. The first kappa shape index (κ1) is 16.6. The molecule has 2 N–H and O–H groups in total. The van der Waals surface area contributed by atoms with Gasteiger partial charge >= 0.3 is 0 Å². The van der Waals surface area contributed by atoms with Gasteiger partial charge in [0.2, 0.25) is 0 Å². The Morgan fingerprint density at radius 3 is 2.64 bits per heavy atom. The molecule has 0 amide bonds. The Morgan fingerprint density at radius 1 is 1.12 bits per heavy atom. The highest BCUT2D eigenvalue weighted by Crippen LogP contribution is 2.20. The van der Waals surface area contributed by atoms with E-state index in [1.54, 1.807) is 0 Å². The Labute approximate surface area is 145 Å². The number of aromatic nitrogens is 1. The lowest BCUT2D eigenvalue weighted by Crippen LogP contribution is -2.21. The fraction of sp³-hybridized carbons (Fsp3) is 0.158. The van der Waals surface area contributed by atoms with Gasteiger partial charge in [0, 0.05) is 11.6 Å². The molecule has 0 fully saturated rings. The Bertz CT molecular complexity index is 827. The first-order valence-corrected chi connectivity index (χ1v) is 7.85. The number of nitrogens with zero attached hydrogens (tertiary/aromatic N) is 2. The Balaban J connectivity index is 1.49. The molecule has 0 bridgehead atoms. The molecule has 2 aromatic carbocycles. The zero-order valence-electron chi connectivity index (χ0n) is 13.9. The fourth-order valence-electron chi connectivity index (χ4n) is 2.12. The summed E-state index contributed by atoms with van der Waals surface area (Å²) in [6.07, 6.45) is 0. The second-order valence-electron chi connectivity index (χ2n) is 5.50. The number of hydrogen-bond acceptors (Lipinski definition) is 5. The van der Waals surface area contributed by atoms with Gasteiger partial charge in [-0.25, -0.2) is 0 Å². The van der Waals surface area contributed by atoms with Crippen LogP contribution in [-0.4, -0.2) is 17.6 Å². The Hall–Kier alpha value is -3.28. The average molecular weight is 337 g/mol. The van der Waals surface area contributed by atoms with Crippen LogP contribution in [0.25, 0.3) is 11.3 Å². The van der Waals surface area contributed by atoms with E-state index in [1.165, 1.54) is 5.56 Å². The van der Waals surface area contributed by atoms with Crippen LogP contribution in [0.2, 0.25) is 0 Å². The summed E-state index contributed by atoms with van der Waals surface area (Å²) in [7, 11) is 0. The Morgan fingerprint density at radius 2 is 1.88 bits per heavy atom. The van der Waals surface area contributed by atoms with Gasteiger partial charge in [-0.15, -0.1) is 0 Å². The van der Waals surface area contributed by atoms with Gasteiger partial charge in [0.25, 0.3) is 0 Å². The van der Waals surface area contributed by atoms with Gasteiger partial charge in [0.15, 0.2) is 18.2 Å². The number of hydrogen-bond donors (Lipinski definition) is 1. The Kier molecular flexibility index (Phi) is 5.31. The molecule has 0 unspecified atom stereocenters. The van der Waals surface area contributed by atoms with Crippen molar-refractivity contribution in [2.75, 3.05) is 6.61 Å². The lowest BCUT2D eigenvalue weighted by molar-refractivity contribution is 0.107. The quantitative estimate of drug-likeness (QED) is 0.405. The zero-order valence-corrected chi connectivity index (χ0v) is 13.9. The molecule has 3 aromatic rings. The van der Waals surface area contributed by atoms with Crippen molar-refractivity contribution in [1.82, 2.24) is 5.16 Å². The van der Waals surface area contributed by atoms with E-state index in [1.807, 2.05) is 67.6 Å². The molecule has 0 saturated carbocycles. The summed E-state index contributed by atoms with van der Waals surface area (Å²) in [5, 5.41) is 7.84. The third kappa shape index (κ3) is 4.84. The average Bonchev–Trinajstić information content (AvgIpc) is 3.10. The summed E-state index contributed by atoms with van der Waals surface area (Å²) in [6, 6.07) is 19.2. The minimum Gasteiger partial charge on any atom is -0.486 e. The van der Waals surface area contributed by atoms with E-state index in [2.05, 4.69) is 10.3 Å². The topological polar surface area (TPSA) is 82.9 Å². The third-order valence-corrected chi connectivity index (χ3v) is 3.42. The molecule has 128 valence electrons. The SMILES string of the molecule is Cc1ccc(-c2cc(CON=C(N)COc3ccccc3)on2)cc1. The molecule has 0 aliphatic heterocycles. The standard InChI is InChI=1S/C19H19N3O3/c1-14-7-9-15(10-8-14)18-11-17(25-21-18)12-24-22-19(20)13-23-16-5-3-2-4-6-16/h2-11H,12-13H2,1H3,(H2,20,22). The first-order valence-electron chi connectivity index (χ1n) is 7.85. The molecular formula is C19H19N3O3. The summed E-state index contributed by atoms with van der Waals surface area (Å²) in [4.78, 5) is 5.19. The molecule has 0 atom stereocenters. The number of aryl methyl sites for hydroxylation is 1. The van der Waals surface area contributed by atoms with Crippen molar-refractivity contribution in [2.24, 2.45) is 10.9 Å². The van der Waals surface area contributed by atoms with Crippen LogP contribution in [0.4, 0.5) is 0 Å². The molecule has 1 heterocycles. The smallest absolute Gasteiger partial charge is 0.177 e. The second kappa shape index (κ2) is 8.01. The summed E-state index contributed by atoms with van der Waals surface area (Å²) < 4.78 is 10.7. The number of rotatable bonds is 7. The van der Waals surface area contributed by atoms with Gasteiger partial charge in [-0.2, -0.15) is 0 Å². The number of oxime groups is 1. The molecule has 6 nitrogen and oxygen atoms in total. The van der Waals surface area contributed by atoms with Gasteiger partial charge in [0.1, 0.15) is 18.1 Å². The molecule has 3 rings (SSSR count). The number of nitrogens with two attached hydrogens (primary N) is 1. The van der Waals surface area contributed by atoms with E-state index in [-0.39, 0.29) is 19.0 Å². The van der Waals surface area contributed by atoms with Crippen molar-refractivity contribution in [1.29, 1.82) is 0 Å². The largest absolute Gasteiger partial charge is 0.486 e. The molecule has 0 radical (unpaired) electrons. The predicted octanol–water partition coefficient (Wildman–Crippen LogP) is 3.52. The van der Waals surface area contributed by atoms with Crippen molar-refractivity contribution in [3.8, 4) is 17.0 Å².